The standard InChI is InChI=1S/C16H13F3N6OS/c1-27(26)11-4-2-3-9(7-11)13-23-14(20)25-15(24-13)22-10-5-6-21-12(8-10)16(17,18)19/h2-8H,1H3,(H3,20,21,22,23,24,25). The SMILES string of the molecule is C[S+]([O-])c1cccc(-c2nc(N)nc(Nc3ccnc(C(F)(F)F)c3)n2)c1. The van der Waals surface area contributed by atoms with Crippen molar-refractivity contribution in [1.82, 2.24) is 19.9 Å². The van der Waals surface area contributed by atoms with E-state index in [1.807, 2.05) is 0 Å². The first-order valence-corrected chi connectivity index (χ1v) is 9.04. The van der Waals surface area contributed by atoms with Crippen molar-refractivity contribution in [1.29, 1.82) is 0 Å². The molecule has 0 aliphatic heterocycles. The third kappa shape index (κ3) is 4.63. The van der Waals surface area contributed by atoms with E-state index in [0.717, 1.165) is 12.3 Å². The van der Waals surface area contributed by atoms with E-state index in [4.69, 9.17) is 5.73 Å². The fraction of sp³-hybridized carbons (Fsp3) is 0.125. The largest absolute Gasteiger partial charge is 0.612 e. The molecule has 0 spiro atoms. The van der Waals surface area contributed by atoms with Gasteiger partial charge in [-0.25, -0.2) is 0 Å². The highest BCUT2D eigenvalue weighted by molar-refractivity contribution is 7.90. The molecule has 3 rings (SSSR count). The molecule has 11 heteroatoms. The lowest BCUT2D eigenvalue weighted by Crippen LogP contribution is -2.09. The Morgan fingerprint density at radius 1 is 1.11 bits per heavy atom. The molecular weight excluding hydrogens is 381 g/mol. The summed E-state index contributed by atoms with van der Waals surface area (Å²) >= 11 is -1.20. The Morgan fingerprint density at radius 3 is 2.59 bits per heavy atom. The number of nitrogens with one attached hydrogen (secondary N) is 1. The van der Waals surface area contributed by atoms with E-state index in [1.165, 1.54) is 12.3 Å². The van der Waals surface area contributed by atoms with Crippen LogP contribution in [0.3, 0.4) is 0 Å². The number of pyridine rings is 1. The number of halogens is 3. The summed E-state index contributed by atoms with van der Waals surface area (Å²) in [6, 6.07) is 8.90. The second-order valence-corrected chi connectivity index (χ2v) is 6.75. The Kier molecular flexibility index (Phi) is 5.15. The maximum atomic E-state index is 12.8. The molecule has 3 aromatic rings. The lowest BCUT2D eigenvalue weighted by molar-refractivity contribution is -0.141. The summed E-state index contributed by atoms with van der Waals surface area (Å²) in [6.07, 6.45) is -2.01. The molecule has 1 aromatic carbocycles. The highest BCUT2D eigenvalue weighted by Gasteiger charge is 2.32. The average Bonchev–Trinajstić information content (AvgIpc) is 2.61. The van der Waals surface area contributed by atoms with Crippen LogP contribution in [0.2, 0.25) is 0 Å². The van der Waals surface area contributed by atoms with Crippen LogP contribution in [0.15, 0.2) is 47.5 Å². The van der Waals surface area contributed by atoms with Gasteiger partial charge in [-0.3, -0.25) is 4.98 Å². The van der Waals surface area contributed by atoms with Crippen LogP contribution >= 0.6 is 0 Å². The fourth-order valence-corrected chi connectivity index (χ4v) is 2.75. The predicted octanol–water partition coefficient (Wildman–Crippen LogP) is 3.02. The van der Waals surface area contributed by atoms with Gasteiger partial charge in [0.1, 0.15) is 11.9 Å². The van der Waals surface area contributed by atoms with Crippen molar-refractivity contribution in [2.75, 3.05) is 17.3 Å². The number of hydrogen-bond acceptors (Lipinski definition) is 7. The zero-order chi connectivity index (χ0) is 19.6. The van der Waals surface area contributed by atoms with E-state index in [-0.39, 0.29) is 23.4 Å². The number of anilines is 3. The number of alkyl halides is 3. The van der Waals surface area contributed by atoms with Crippen LogP contribution in [0.4, 0.5) is 30.8 Å². The Morgan fingerprint density at radius 2 is 1.89 bits per heavy atom. The van der Waals surface area contributed by atoms with Crippen molar-refractivity contribution in [3.8, 4) is 11.4 Å². The first-order valence-electron chi connectivity index (χ1n) is 7.48. The van der Waals surface area contributed by atoms with Gasteiger partial charge in [0.05, 0.1) is 0 Å². The van der Waals surface area contributed by atoms with Gasteiger partial charge >= 0.3 is 6.18 Å². The van der Waals surface area contributed by atoms with Crippen molar-refractivity contribution in [2.24, 2.45) is 0 Å². The molecule has 3 N–H and O–H groups in total. The number of nitrogens with two attached hydrogens (primary N) is 1. The van der Waals surface area contributed by atoms with Gasteiger partial charge in [0.25, 0.3) is 0 Å². The molecule has 2 aromatic heterocycles. The minimum Gasteiger partial charge on any atom is -0.612 e. The Balaban J connectivity index is 1.94. The van der Waals surface area contributed by atoms with Crippen LogP contribution in [0, 0.1) is 0 Å². The van der Waals surface area contributed by atoms with Crippen LogP contribution < -0.4 is 11.1 Å². The van der Waals surface area contributed by atoms with Crippen molar-refractivity contribution in [3.63, 3.8) is 0 Å². The average molecular weight is 394 g/mol. The van der Waals surface area contributed by atoms with Gasteiger partial charge in [0.15, 0.2) is 10.7 Å². The van der Waals surface area contributed by atoms with E-state index in [1.54, 1.807) is 24.3 Å². The number of nitrogens with zero attached hydrogens (tertiary/aromatic N) is 4. The normalized spacial score (nSPS) is 12.6. The molecule has 1 unspecified atom stereocenters. The van der Waals surface area contributed by atoms with Crippen molar-refractivity contribution in [2.45, 2.75) is 11.1 Å². The van der Waals surface area contributed by atoms with E-state index >= 15 is 0 Å². The molecule has 0 amide bonds. The number of aromatic nitrogens is 4. The van der Waals surface area contributed by atoms with E-state index in [9.17, 15) is 17.7 Å². The number of benzene rings is 1. The highest BCUT2D eigenvalue weighted by atomic mass is 32.2. The fourth-order valence-electron chi connectivity index (χ4n) is 2.18. The van der Waals surface area contributed by atoms with Gasteiger partial charge in [0.2, 0.25) is 11.9 Å². The zero-order valence-corrected chi connectivity index (χ0v) is 14.7. The molecule has 0 fully saturated rings. The Labute approximate surface area is 155 Å². The molecular formula is C16H13F3N6OS. The third-order valence-corrected chi connectivity index (χ3v) is 4.30. The second kappa shape index (κ2) is 7.37. The topological polar surface area (TPSA) is 113 Å². The summed E-state index contributed by atoms with van der Waals surface area (Å²) in [7, 11) is 0. The quantitative estimate of drug-likeness (QED) is 0.654. The summed E-state index contributed by atoms with van der Waals surface area (Å²) in [6.45, 7) is 0. The summed E-state index contributed by atoms with van der Waals surface area (Å²) < 4.78 is 50.0. The lowest BCUT2D eigenvalue weighted by Gasteiger charge is -2.10. The monoisotopic (exact) mass is 394 g/mol. The van der Waals surface area contributed by atoms with Crippen LogP contribution in [-0.4, -0.2) is 30.7 Å². The molecule has 0 saturated carbocycles. The number of hydrogen-bond donors (Lipinski definition) is 2. The van der Waals surface area contributed by atoms with Gasteiger partial charge in [-0.15, -0.1) is 0 Å². The molecule has 0 bridgehead atoms. The van der Waals surface area contributed by atoms with Crippen molar-refractivity contribution < 1.29 is 17.7 Å². The van der Waals surface area contributed by atoms with Crippen LogP contribution in [0.5, 0.6) is 0 Å². The molecule has 0 aliphatic carbocycles. The molecule has 0 radical (unpaired) electrons. The number of nitrogen functional groups attached to an aromatic ring is 1. The van der Waals surface area contributed by atoms with E-state index < -0.39 is 23.0 Å². The molecule has 0 saturated heterocycles. The van der Waals surface area contributed by atoms with Gasteiger partial charge < -0.3 is 15.6 Å². The van der Waals surface area contributed by atoms with Gasteiger partial charge in [-0.2, -0.15) is 28.1 Å². The molecule has 140 valence electrons. The molecule has 2 heterocycles. The third-order valence-electron chi connectivity index (χ3n) is 3.38. The second-order valence-electron chi connectivity index (χ2n) is 5.38. The van der Waals surface area contributed by atoms with Gasteiger partial charge in [-0.1, -0.05) is 12.1 Å². The van der Waals surface area contributed by atoms with Crippen molar-refractivity contribution >= 4 is 28.8 Å². The first kappa shape index (κ1) is 18.9. The smallest absolute Gasteiger partial charge is 0.433 e. The zero-order valence-electron chi connectivity index (χ0n) is 13.9. The summed E-state index contributed by atoms with van der Waals surface area (Å²) in [5.74, 6) is 0.0536. The predicted molar refractivity (Wildman–Crippen MR) is 94.5 cm³/mol. The molecule has 0 aliphatic rings. The maximum Gasteiger partial charge on any atom is 0.433 e. The molecule has 7 nitrogen and oxygen atoms in total. The summed E-state index contributed by atoms with van der Waals surface area (Å²) in [5.41, 5.74) is 5.29. The van der Waals surface area contributed by atoms with E-state index in [2.05, 4.69) is 25.3 Å². The highest BCUT2D eigenvalue weighted by Crippen LogP contribution is 2.29. The van der Waals surface area contributed by atoms with Crippen LogP contribution in [0.1, 0.15) is 5.69 Å². The van der Waals surface area contributed by atoms with Gasteiger partial charge in [-0.05, 0) is 29.4 Å². The maximum absolute atomic E-state index is 12.8. The van der Waals surface area contributed by atoms with E-state index in [0.29, 0.717) is 10.5 Å². The first-order chi connectivity index (χ1) is 12.7. The Hall–Kier alpha value is -2.92. The minimum absolute atomic E-state index is 0.0279. The Bertz CT molecular complexity index is 967. The summed E-state index contributed by atoms with van der Waals surface area (Å²) in [5, 5.41) is 2.66. The van der Waals surface area contributed by atoms with Crippen molar-refractivity contribution in [3.05, 3.63) is 48.3 Å². The number of rotatable bonds is 4. The van der Waals surface area contributed by atoms with Crippen LogP contribution in [-0.2, 0) is 17.4 Å². The lowest BCUT2D eigenvalue weighted by atomic mass is 10.2. The minimum atomic E-state index is -4.57. The summed E-state index contributed by atoms with van der Waals surface area (Å²) in [4.78, 5) is 16.0. The van der Waals surface area contributed by atoms with Gasteiger partial charge in [0, 0.05) is 23.5 Å². The van der Waals surface area contributed by atoms with Crippen LogP contribution in [0.25, 0.3) is 11.4 Å². The molecule has 27 heavy (non-hydrogen) atoms. The molecule has 1 atom stereocenters.